The molecule has 0 radical (unpaired) electrons. The van der Waals surface area contributed by atoms with Crippen LogP contribution in [0.25, 0.3) is 11.1 Å². The van der Waals surface area contributed by atoms with Crippen molar-refractivity contribution in [3.05, 3.63) is 81.1 Å². The van der Waals surface area contributed by atoms with Crippen molar-refractivity contribution in [1.82, 2.24) is 0 Å². The lowest BCUT2D eigenvalue weighted by atomic mass is 9.96. The SMILES string of the molecule is COC(=O)C1=CC(C(=O)c2ccc(-c3ccccc3C(=O)OC(C)(C)C)cc2F)=C(Br)C1. The third kappa shape index (κ3) is 5.05. The Morgan fingerprint density at radius 1 is 1.00 bits per heavy atom. The van der Waals surface area contributed by atoms with Crippen LogP contribution in [-0.2, 0) is 14.3 Å². The molecule has 0 N–H and O–H groups in total. The summed E-state index contributed by atoms with van der Waals surface area (Å²) >= 11 is 3.29. The van der Waals surface area contributed by atoms with E-state index in [9.17, 15) is 14.4 Å². The number of ketones is 1. The van der Waals surface area contributed by atoms with E-state index in [4.69, 9.17) is 4.74 Å². The molecule has 0 heterocycles. The van der Waals surface area contributed by atoms with Crippen LogP contribution < -0.4 is 0 Å². The summed E-state index contributed by atoms with van der Waals surface area (Å²) in [4.78, 5) is 37.3. The Labute approximate surface area is 194 Å². The zero-order valence-electron chi connectivity index (χ0n) is 18.1. The first-order valence-electron chi connectivity index (χ1n) is 9.86. The quantitative estimate of drug-likeness (QED) is 0.384. The Hall–Kier alpha value is -3.06. The highest BCUT2D eigenvalue weighted by Gasteiger charge is 2.27. The van der Waals surface area contributed by atoms with Crippen LogP contribution in [0.5, 0.6) is 0 Å². The van der Waals surface area contributed by atoms with Gasteiger partial charge < -0.3 is 9.47 Å². The van der Waals surface area contributed by atoms with Crippen molar-refractivity contribution in [1.29, 1.82) is 0 Å². The van der Waals surface area contributed by atoms with Gasteiger partial charge in [-0.25, -0.2) is 14.0 Å². The molecule has 32 heavy (non-hydrogen) atoms. The number of Topliss-reactive ketones (excluding diaryl/α,β-unsaturated/α-hetero) is 1. The van der Waals surface area contributed by atoms with E-state index in [1.165, 1.54) is 25.3 Å². The zero-order chi connectivity index (χ0) is 23.6. The van der Waals surface area contributed by atoms with Crippen molar-refractivity contribution < 1.29 is 28.2 Å². The number of allylic oxidation sites excluding steroid dienone is 3. The molecule has 2 aromatic carbocycles. The molecule has 1 aliphatic carbocycles. The number of carbonyl (C=O) groups is 3. The molecule has 0 aliphatic heterocycles. The second-order valence-electron chi connectivity index (χ2n) is 8.23. The van der Waals surface area contributed by atoms with Gasteiger partial charge in [0.15, 0.2) is 5.78 Å². The smallest absolute Gasteiger partial charge is 0.339 e. The molecule has 7 heteroatoms. The summed E-state index contributed by atoms with van der Waals surface area (Å²) < 4.78 is 25.6. The number of methoxy groups -OCH3 is 1. The van der Waals surface area contributed by atoms with Gasteiger partial charge in [0, 0.05) is 22.0 Å². The van der Waals surface area contributed by atoms with E-state index >= 15 is 4.39 Å². The first-order chi connectivity index (χ1) is 15.0. The Morgan fingerprint density at radius 3 is 2.31 bits per heavy atom. The van der Waals surface area contributed by atoms with Crippen molar-refractivity contribution in [2.75, 3.05) is 7.11 Å². The first kappa shape index (κ1) is 23.6. The van der Waals surface area contributed by atoms with E-state index in [1.54, 1.807) is 51.1 Å². The highest BCUT2D eigenvalue weighted by atomic mass is 79.9. The maximum Gasteiger partial charge on any atom is 0.339 e. The molecule has 0 saturated heterocycles. The minimum absolute atomic E-state index is 0.141. The molecule has 0 spiro atoms. The van der Waals surface area contributed by atoms with Gasteiger partial charge in [0.1, 0.15) is 11.4 Å². The second-order valence-corrected chi connectivity index (χ2v) is 9.18. The maximum absolute atomic E-state index is 15.0. The van der Waals surface area contributed by atoms with Crippen molar-refractivity contribution >= 4 is 33.7 Å². The molecule has 5 nitrogen and oxygen atoms in total. The predicted molar refractivity (Wildman–Crippen MR) is 122 cm³/mol. The molecule has 0 amide bonds. The largest absolute Gasteiger partial charge is 0.466 e. The van der Waals surface area contributed by atoms with Gasteiger partial charge in [0.25, 0.3) is 0 Å². The van der Waals surface area contributed by atoms with Crippen LogP contribution in [0.4, 0.5) is 4.39 Å². The van der Waals surface area contributed by atoms with E-state index in [2.05, 4.69) is 20.7 Å². The van der Waals surface area contributed by atoms with Crippen molar-refractivity contribution in [2.45, 2.75) is 32.8 Å². The van der Waals surface area contributed by atoms with Gasteiger partial charge in [-0.3, -0.25) is 4.79 Å². The molecule has 0 unspecified atom stereocenters. The van der Waals surface area contributed by atoms with Crippen LogP contribution in [0.3, 0.4) is 0 Å². The van der Waals surface area contributed by atoms with Gasteiger partial charge in [-0.2, -0.15) is 0 Å². The van der Waals surface area contributed by atoms with Gasteiger partial charge in [0.2, 0.25) is 0 Å². The van der Waals surface area contributed by atoms with Gasteiger partial charge in [-0.15, -0.1) is 0 Å². The maximum atomic E-state index is 15.0. The van der Waals surface area contributed by atoms with Crippen molar-refractivity contribution in [3.63, 3.8) is 0 Å². The Kier molecular flexibility index (Phi) is 6.79. The summed E-state index contributed by atoms with van der Waals surface area (Å²) in [6.45, 7) is 5.30. The summed E-state index contributed by atoms with van der Waals surface area (Å²) in [5.74, 6) is -2.35. The molecule has 0 aromatic heterocycles. The minimum Gasteiger partial charge on any atom is -0.466 e. The van der Waals surface area contributed by atoms with Crippen LogP contribution in [0.15, 0.2) is 64.2 Å². The summed E-state index contributed by atoms with van der Waals surface area (Å²) in [6.07, 6.45) is 1.61. The Balaban J connectivity index is 1.94. The number of rotatable bonds is 5. The average molecular weight is 501 g/mol. The molecular weight excluding hydrogens is 479 g/mol. The van der Waals surface area contributed by atoms with Crippen LogP contribution in [0, 0.1) is 5.82 Å². The highest BCUT2D eigenvalue weighted by Crippen LogP contribution is 2.34. The van der Waals surface area contributed by atoms with Gasteiger partial charge in [0.05, 0.1) is 18.2 Å². The number of hydrogen-bond acceptors (Lipinski definition) is 5. The normalized spacial score (nSPS) is 13.6. The van der Waals surface area contributed by atoms with E-state index in [0.717, 1.165) is 0 Å². The molecular formula is C25H22BrFO5. The lowest BCUT2D eigenvalue weighted by Crippen LogP contribution is -2.24. The molecule has 0 atom stereocenters. The number of carbonyl (C=O) groups excluding carboxylic acids is 3. The number of benzene rings is 2. The van der Waals surface area contributed by atoms with Crippen molar-refractivity contribution in [3.8, 4) is 11.1 Å². The van der Waals surface area contributed by atoms with Gasteiger partial charge in [-0.1, -0.05) is 40.2 Å². The van der Waals surface area contributed by atoms with Crippen LogP contribution >= 0.6 is 15.9 Å². The second kappa shape index (κ2) is 9.20. The van der Waals surface area contributed by atoms with Gasteiger partial charge in [-0.05, 0) is 56.2 Å². The number of ether oxygens (including phenoxy) is 2. The van der Waals surface area contributed by atoms with E-state index < -0.39 is 29.1 Å². The van der Waals surface area contributed by atoms with E-state index in [0.29, 0.717) is 26.7 Å². The lowest BCUT2D eigenvalue weighted by molar-refractivity contribution is -0.136. The van der Waals surface area contributed by atoms with Crippen LogP contribution in [0.1, 0.15) is 47.9 Å². The number of esters is 2. The van der Waals surface area contributed by atoms with E-state index in [-0.39, 0.29) is 17.6 Å². The molecule has 166 valence electrons. The average Bonchev–Trinajstić information content (AvgIpc) is 3.13. The predicted octanol–water partition coefficient (Wildman–Crippen LogP) is 5.78. The third-order valence-corrected chi connectivity index (χ3v) is 5.43. The topological polar surface area (TPSA) is 69.7 Å². The fraction of sp³-hybridized carbons (Fsp3) is 0.240. The fourth-order valence-corrected chi connectivity index (χ4v) is 3.87. The molecule has 0 bridgehead atoms. The molecule has 0 fully saturated rings. The standard InChI is InChI=1S/C25H22BrFO5/c1-25(2,3)32-24(30)17-8-6-5-7-16(17)14-9-10-18(21(27)13-14)22(28)19-11-15(12-20(19)26)23(29)31-4/h5-11,13H,12H2,1-4H3. The minimum atomic E-state index is -0.737. The monoisotopic (exact) mass is 500 g/mol. The Bertz CT molecular complexity index is 1170. The number of halogens is 2. The molecule has 2 aromatic rings. The van der Waals surface area contributed by atoms with E-state index in [1.807, 2.05) is 0 Å². The summed E-state index contributed by atoms with van der Waals surface area (Å²) in [6, 6.07) is 10.9. The van der Waals surface area contributed by atoms with Crippen LogP contribution in [-0.4, -0.2) is 30.4 Å². The summed E-state index contributed by atoms with van der Waals surface area (Å²) in [5, 5.41) is 0. The highest BCUT2D eigenvalue weighted by molar-refractivity contribution is 9.11. The lowest BCUT2D eigenvalue weighted by Gasteiger charge is -2.20. The number of hydrogen-bond donors (Lipinski definition) is 0. The fourth-order valence-electron chi connectivity index (χ4n) is 3.27. The zero-order valence-corrected chi connectivity index (χ0v) is 19.7. The van der Waals surface area contributed by atoms with Gasteiger partial charge >= 0.3 is 11.9 Å². The summed E-state index contributed by atoms with van der Waals surface area (Å²) in [5.41, 5.74) is 0.924. The van der Waals surface area contributed by atoms with Crippen molar-refractivity contribution in [2.24, 2.45) is 0 Å². The van der Waals surface area contributed by atoms with Crippen LogP contribution in [0.2, 0.25) is 0 Å². The summed E-state index contributed by atoms with van der Waals surface area (Å²) in [7, 11) is 1.25. The molecule has 0 saturated carbocycles. The third-order valence-electron chi connectivity index (χ3n) is 4.72. The Morgan fingerprint density at radius 2 is 1.69 bits per heavy atom. The molecule has 1 aliphatic rings. The molecule has 3 rings (SSSR count). The first-order valence-corrected chi connectivity index (χ1v) is 10.7.